The molecule has 0 spiro atoms. The second kappa shape index (κ2) is 6.62. The van der Waals surface area contributed by atoms with Crippen LogP contribution in [0.2, 0.25) is 0 Å². The third kappa shape index (κ3) is 3.13. The number of fused-ring (bicyclic) bond motifs is 1. The molecule has 0 unspecified atom stereocenters. The van der Waals surface area contributed by atoms with Gasteiger partial charge in [0.05, 0.1) is 27.5 Å². The molecule has 0 saturated carbocycles. The predicted molar refractivity (Wildman–Crippen MR) is 105 cm³/mol. The molecule has 1 saturated heterocycles. The van der Waals surface area contributed by atoms with Crippen LogP contribution < -0.4 is 15.4 Å². The lowest BCUT2D eigenvalue weighted by atomic mass is 10.3. The Morgan fingerprint density at radius 1 is 1.11 bits per heavy atom. The number of benzene rings is 1. The monoisotopic (exact) mass is 403 g/mol. The molecule has 3 heterocycles. The molecule has 1 aromatic carbocycles. The molecule has 4 rings (SSSR count). The zero-order valence-electron chi connectivity index (χ0n) is 15.9. The van der Waals surface area contributed by atoms with E-state index in [4.69, 9.17) is 4.42 Å². The van der Waals surface area contributed by atoms with Crippen LogP contribution in [-0.4, -0.2) is 36.0 Å². The van der Waals surface area contributed by atoms with Gasteiger partial charge < -0.3 is 9.32 Å². The van der Waals surface area contributed by atoms with Gasteiger partial charge in [-0.05, 0) is 44.9 Å². The van der Waals surface area contributed by atoms with Crippen molar-refractivity contribution in [3.8, 4) is 0 Å². The van der Waals surface area contributed by atoms with Crippen molar-refractivity contribution in [2.75, 3.05) is 22.7 Å². The number of nitrogens with one attached hydrogen (secondary N) is 1. The molecule has 1 aliphatic rings. The molecular weight excluding hydrogens is 382 g/mol. The smallest absolute Gasteiger partial charge is 0.408 e. The highest BCUT2D eigenvalue weighted by Gasteiger charge is 2.22. The summed E-state index contributed by atoms with van der Waals surface area (Å²) in [5, 5.41) is 0. The zero-order chi connectivity index (χ0) is 20.1. The van der Waals surface area contributed by atoms with Gasteiger partial charge in [-0.15, -0.1) is 0 Å². The van der Waals surface area contributed by atoms with Crippen molar-refractivity contribution in [2.24, 2.45) is 7.05 Å². The van der Waals surface area contributed by atoms with Crippen molar-refractivity contribution in [2.45, 2.75) is 31.6 Å². The molecule has 148 valence electrons. The summed E-state index contributed by atoms with van der Waals surface area (Å²) in [6, 6.07) is 4.28. The Hall–Kier alpha value is -2.88. The molecule has 0 atom stereocenters. The zero-order valence-corrected chi connectivity index (χ0v) is 16.7. The maximum absolute atomic E-state index is 12.9. The highest BCUT2D eigenvalue weighted by Crippen LogP contribution is 2.26. The summed E-state index contributed by atoms with van der Waals surface area (Å²) in [4.78, 5) is 22.7. The molecule has 28 heavy (non-hydrogen) atoms. The van der Waals surface area contributed by atoms with Gasteiger partial charge >= 0.3 is 5.76 Å². The van der Waals surface area contributed by atoms with Gasteiger partial charge in [0.1, 0.15) is 0 Å². The number of aromatic nitrogens is 3. The minimum atomic E-state index is -3.89. The van der Waals surface area contributed by atoms with Crippen LogP contribution >= 0.6 is 0 Å². The fraction of sp³-hybridized carbons (Fsp3) is 0.389. The fourth-order valence-electron chi connectivity index (χ4n) is 3.37. The molecule has 10 heteroatoms. The van der Waals surface area contributed by atoms with Gasteiger partial charge in [0.25, 0.3) is 10.0 Å². The Kier molecular flexibility index (Phi) is 4.37. The molecule has 0 radical (unpaired) electrons. The topological polar surface area (TPSA) is 110 Å². The first-order chi connectivity index (χ1) is 13.3. The van der Waals surface area contributed by atoms with E-state index >= 15 is 0 Å². The van der Waals surface area contributed by atoms with Crippen LogP contribution in [0.1, 0.15) is 24.2 Å². The second-order valence-electron chi connectivity index (χ2n) is 6.93. The Bertz CT molecular complexity index is 1200. The molecule has 1 fully saturated rings. The largest absolute Gasteiger partial charge is 0.419 e. The molecule has 2 aromatic heterocycles. The van der Waals surface area contributed by atoms with E-state index in [9.17, 15) is 13.2 Å². The van der Waals surface area contributed by atoms with Crippen LogP contribution in [0.3, 0.4) is 0 Å². The van der Waals surface area contributed by atoms with E-state index in [2.05, 4.69) is 19.6 Å². The molecule has 1 N–H and O–H groups in total. The molecule has 1 aliphatic heterocycles. The van der Waals surface area contributed by atoms with Crippen molar-refractivity contribution < 1.29 is 12.8 Å². The number of anilines is 2. The lowest BCUT2D eigenvalue weighted by molar-refractivity contribution is 0.528. The Balaban J connectivity index is 1.69. The second-order valence-corrected chi connectivity index (χ2v) is 8.61. The third-order valence-corrected chi connectivity index (χ3v) is 6.30. The van der Waals surface area contributed by atoms with E-state index in [-0.39, 0.29) is 4.90 Å². The third-order valence-electron chi connectivity index (χ3n) is 4.96. The summed E-state index contributed by atoms with van der Waals surface area (Å²) in [5.41, 5.74) is 2.23. The molecule has 9 nitrogen and oxygen atoms in total. The first-order valence-corrected chi connectivity index (χ1v) is 10.5. The van der Waals surface area contributed by atoms with E-state index in [0.29, 0.717) is 34.1 Å². The van der Waals surface area contributed by atoms with E-state index in [1.807, 2.05) is 0 Å². The lowest BCUT2D eigenvalue weighted by Crippen LogP contribution is -2.22. The van der Waals surface area contributed by atoms with Crippen LogP contribution in [0.15, 0.2) is 32.3 Å². The van der Waals surface area contributed by atoms with E-state index in [1.165, 1.54) is 29.8 Å². The van der Waals surface area contributed by atoms with Crippen LogP contribution in [0.25, 0.3) is 11.1 Å². The van der Waals surface area contributed by atoms with Gasteiger partial charge in [0.2, 0.25) is 5.95 Å². The van der Waals surface area contributed by atoms with E-state index < -0.39 is 15.8 Å². The average molecular weight is 403 g/mol. The van der Waals surface area contributed by atoms with Crippen molar-refractivity contribution >= 4 is 32.8 Å². The van der Waals surface area contributed by atoms with Crippen molar-refractivity contribution in [3.63, 3.8) is 0 Å². The van der Waals surface area contributed by atoms with Gasteiger partial charge in [-0.1, -0.05) is 0 Å². The van der Waals surface area contributed by atoms with Crippen molar-refractivity contribution in [1.82, 2.24) is 14.5 Å². The number of hydrogen-bond acceptors (Lipinski definition) is 7. The lowest BCUT2D eigenvalue weighted by Gasteiger charge is -2.19. The van der Waals surface area contributed by atoms with E-state index in [1.54, 1.807) is 13.8 Å². The molecule has 3 aromatic rings. The molecule has 0 bridgehead atoms. The summed E-state index contributed by atoms with van der Waals surface area (Å²) in [5.74, 6) is 0.0837. The van der Waals surface area contributed by atoms with Crippen LogP contribution in [0.4, 0.5) is 11.6 Å². The highest BCUT2D eigenvalue weighted by molar-refractivity contribution is 7.92. The van der Waals surface area contributed by atoms with Crippen molar-refractivity contribution in [1.29, 1.82) is 0 Å². The maximum atomic E-state index is 12.9. The van der Waals surface area contributed by atoms with Crippen LogP contribution in [0.5, 0.6) is 0 Å². The summed E-state index contributed by atoms with van der Waals surface area (Å²) in [6.07, 6.45) is 2.21. The Morgan fingerprint density at radius 3 is 2.39 bits per heavy atom. The van der Waals surface area contributed by atoms with Gasteiger partial charge in [-0.25, -0.2) is 23.2 Å². The minimum absolute atomic E-state index is 0.0267. The summed E-state index contributed by atoms with van der Waals surface area (Å²) < 4.78 is 34.7. The van der Waals surface area contributed by atoms with Gasteiger partial charge in [0, 0.05) is 20.1 Å². The predicted octanol–water partition coefficient (Wildman–Crippen LogP) is 1.94. The first-order valence-electron chi connectivity index (χ1n) is 8.99. The SMILES string of the molecule is Cc1nc(N2CCCC2)nc(C)c1NS(=O)(=O)c1ccc2oc(=O)n(C)c2c1. The van der Waals surface area contributed by atoms with Gasteiger partial charge in [-0.3, -0.25) is 9.29 Å². The number of sulfonamides is 1. The Labute approximate surface area is 162 Å². The summed E-state index contributed by atoms with van der Waals surface area (Å²) >= 11 is 0. The average Bonchev–Trinajstić information content (AvgIpc) is 3.27. The number of rotatable bonds is 4. The number of hydrogen-bond donors (Lipinski definition) is 1. The van der Waals surface area contributed by atoms with Crippen LogP contribution in [0, 0.1) is 13.8 Å². The quantitative estimate of drug-likeness (QED) is 0.709. The summed E-state index contributed by atoms with van der Waals surface area (Å²) in [6.45, 7) is 5.34. The van der Waals surface area contributed by atoms with Crippen LogP contribution in [-0.2, 0) is 17.1 Å². The number of nitrogens with zero attached hydrogens (tertiary/aromatic N) is 4. The standard InChI is InChI=1S/C18H21N5O4S/c1-11-16(12(2)20-17(19-11)23-8-4-5-9-23)21-28(25,26)13-6-7-15-14(10-13)22(3)18(24)27-15/h6-7,10,21H,4-5,8-9H2,1-3H3. The maximum Gasteiger partial charge on any atom is 0.419 e. The Morgan fingerprint density at radius 2 is 1.75 bits per heavy atom. The highest BCUT2D eigenvalue weighted by atomic mass is 32.2. The van der Waals surface area contributed by atoms with Gasteiger partial charge in [0.15, 0.2) is 5.58 Å². The first kappa shape index (κ1) is 18.5. The molecule has 0 aliphatic carbocycles. The number of aryl methyl sites for hydroxylation is 3. The fourth-order valence-corrected chi connectivity index (χ4v) is 4.57. The molecule has 0 amide bonds. The van der Waals surface area contributed by atoms with E-state index in [0.717, 1.165) is 25.9 Å². The van der Waals surface area contributed by atoms with Crippen molar-refractivity contribution in [3.05, 3.63) is 40.1 Å². The molecular formula is C18H21N5O4S. The number of oxazole rings is 1. The normalized spacial score (nSPS) is 14.8. The van der Waals surface area contributed by atoms with Gasteiger partial charge in [-0.2, -0.15) is 0 Å². The minimum Gasteiger partial charge on any atom is -0.408 e. The summed E-state index contributed by atoms with van der Waals surface area (Å²) in [7, 11) is -2.36.